The van der Waals surface area contributed by atoms with Crippen molar-refractivity contribution in [2.45, 2.75) is 13.8 Å². The summed E-state index contributed by atoms with van der Waals surface area (Å²) in [4.78, 5) is 4.46. The van der Waals surface area contributed by atoms with Crippen LogP contribution in [0.5, 0.6) is 0 Å². The molecule has 0 unspecified atom stereocenters. The third kappa shape index (κ3) is 1.72. The first-order valence-electron chi connectivity index (χ1n) is 5.70. The molecule has 0 aliphatic heterocycles. The molecule has 90 valence electrons. The lowest BCUT2D eigenvalue weighted by Crippen LogP contribution is -2.24. The Morgan fingerprint density at radius 1 is 1.22 bits per heavy atom. The number of hydrogen-bond acceptors (Lipinski definition) is 3. The smallest absolute Gasteiger partial charge is 0.228 e. The Bertz CT molecular complexity index is 732. The summed E-state index contributed by atoms with van der Waals surface area (Å²) in [5.74, 6) is 0.550. The van der Waals surface area contributed by atoms with Gasteiger partial charge in [0, 0.05) is 11.6 Å². The third-order valence-corrected chi connectivity index (χ3v) is 2.91. The van der Waals surface area contributed by atoms with Crippen molar-refractivity contribution in [2.24, 2.45) is 0 Å². The highest BCUT2D eigenvalue weighted by atomic mass is 16.5. The lowest BCUT2D eigenvalue weighted by molar-refractivity contribution is -0.605. The Kier molecular flexibility index (Phi) is 2.30. The van der Waals surface area contributed by atoms with Gasteiger partial charge in [0.05, 0.1) is 5.56 Å². The maximum atomic E-state index is 11.2. The molecule has 3 rings (SSSR count). The van der Waals surface area contributed by atoms with Crippen molar-refractivity contribution in [3.63, 3.8) is 0 Å². The number of hydrogen-bond donors (Lipinski definition) is 0. The van der Waals surface area contributed by atoms with E-state index in [1.807, 2.05) is 32.0 Å². The van der Waals surface area contributed by atoms with Crippen LogP contribution >= 0.6 is 0 Å². The Morgan fingerprint density at radius 3 is 2.83 bits per heavy atom. The van der Waals surface area contributed by atoms with Crippen molar-refractivity contribution >= 4 is 11.1 Å². The Labute approximate surface area is 104 Å². The maximum absolute atomic E-state index is 11.2. The Balaban J connectivity index is 2.19. The van der Waals surface area contributed by atoms with Crippen molar-refractivity contribution in [1.29, 1.82) is 0 Å². The highest BCUT2D eigenvalue weighted by molar-refractivity contribution is 5.77. The predicted octanol–water partition coefficient (Wildman–Crippen LogP) is 2.75. The van der Waals surface area contributed by atoms with Crippen LogP contribution in [-0.4, -0.2) is 4.98 Å². The van der Waals surface area contributed by atoms with Crippen LogP contribution in [0, 0.1) is 19.1 Å². The molecule has 0 N–H and O–H groups in total. The van der Waals surface area contributed by atoms with Crippen LogP contribution in [-0.2, 0) is 0 Å². The summed E-state index contributed by atoms with van der Waals surface area (Å²) < 4.78 is 6.48. The zero-order valence-electron chi connectivity index (χ0n) is 10.2. The number of rotatable bonds is 1. The van der Waals surface area contributed by atoms with Crippen molar-refractivity contribution in [3.05, 3.63) is 53.0 Å². The number of benzene rings is 1. The summed E-state index contributed by atoms with van der Waals surface area (Å²) >= 11 is 0. The average Bonchev–Trinajstić information content (AvgIpc) is 2.71. The quantitative estimate of drug-likeness (QED) is 0.485. The van der Waals surface area contributed by atoms with Crippen molar-refractivity contribution in [2.75, 3.05) is 0 Å². The summed E-state index contributed by atoms with van der Waals surface area (Å²) in [5, 5.41) is 11.2. The van der Waals surface area contributed by atoms with Gasteiger partial charge in [-0.2, -0.15) is 4.73 Å². The number of aryl methyl sites for hydroxylation is 2. The zero-order valence-corrected chi connectivity index (χ0v) is 10.2. The number of pyridine rings is 1. The van der Waals surface area contributed by atoms with Gasteiger partial charge in [0.1, 0.15) is 5.52 Å². The predicted molar refractivity (Wildman–Crippen MR) is 67.9 cm³/mol. The van der Waals surface area contributed by atoms with Gasteiger partial charge >= 0.3 is 0 Å². The molecule has 3 aromatic rings. The fraction of sp³-hybridized carbons (Fsp3) is 0.143. The number of fused-ring (bicyclic) bond motifs is 1. The van der Waals surface area contributed by atoms with Crippen LogP contribution in [0.4, 0.5) is 0 Å². The van der Waals surface area contributed by atoms with Gasteiger partial charge in [-0.3, -0.25) is 0 Å². The van der Waals surface area contributed by atoms with Gasteiger partial charge in [-0.05, 0) is 31.5 Å². The molecule has 0 radical (unpaired) electrons. The SMILES string of the molecule is Cc1ccc2oc(-c3cc[n+]([O-])cc3C)nc2c1. The standard InChI is InChI=1S/C14H12N2O2/c1-9-3-4-13-12(7-9)15-14(18-13)11-5-6-16(17)8-10(11)2/h3-8H,1-2H3. The van der Waals surface area contributed by atoms with Crippen LogP contribution < -0.4 is 4.73 Å². The molecule has 2 aromatic heterocycles. The molecule has 0 amide bonds. The number of aromatic nitrogens is 2. The fourth-order valence-corrected chi connectivity index (χ4v) is 1.98. The highest BCUT2D eigenvalue weighted by Gasteiger charge is 2.12. The lowest BCUT2D eigenvalue weighted by Gasteiger charge is -2.00. The van der Waals surface area contributed by atoms with Crippen LogP contribution in [0.25, 0.3) is 22.6 Å². The third-order valence-electron chi connectivity index (χ3n) is 2.91. The van der Waals surface area contributed by atoms with E-state index >= 15 is 0 Å². The summed E-state index contributed by atoms with van der Waals surface area (Å²) in [6.07, 6.45) is 2.96. The van der Waals surface area contributed by atoms with E-state index in [4.69, 9.17) is 4.42 Å². The minimum Gasteiger partial charge on any atom is -0.619 e. The summed E-state index contributed by atoms with van der Waals surface area (Å²) in [6, 6.07) is 7.60. The molecule has 0 saturated heterocycles. The highest BCUT2D eigenvalue weighted by Crippen LogP contribution is 2.26. The van der Waals surface area contributed by atoms with Gasteiger partial charge in [0.15, 0.2) is 18.0 Å². The van der Waals surface area contributed by atoms with Gasteiger partial charge in [-0.25, -0.2) is 4.98 Å². The van der Waals surface area contributed by atoms with Crippen molar-refractivity contribution in [1.82, 2.24) is 4.98 Å². The molecule has 0 bridgehead atoms. The molecule has 0 spiro atoms. The molecule has 0 aliphatic carbocycles. The first-order valence-corrected chi connectivity index (χ1v) is 5.70. The molecule has 18 heavy (non-hydrogen) atoms. The largest absolute Gasteiger partial charge is 0.619 e. The van der Waals surface area contributed by atoms with E-state index in [-0.39, 0.29) is 0 Å². The van der Waals surface area contributed by atoms with E-state index in [1.165, 1.54) is 12.4 Å². The second kappa shape index (κ2) is 3.84. The second-order valence-corrected chi connectivity index (χ2v) is 4.39. The van der Waals surface area contributed by atoms with Crippen molar-refractivity contribution < 1.29 is 9.15 Å². The molecule has 2 heterocycles. The van der Waals surface area contributed by atoms with E-state index in [0.29, 0.717) is 5.89 Å². The molecule has 4 nitrogen and oxygen atoms in total. The van der Waals surface area contributed by atoms with Gasteiger partial charge in [-0.15, -0.1) is 0 Å². The molecule has 0 aliphatic rings. The minimum atomic E-state index is 0.550. The fourth-order valence-electron chi connectivity index (χ4n) is 1.98. The summed E-state index contributed by atoms with van der Waals surface area (Å²) in [7, 11) is 0. The summed E-state index contributed by atoms with van der Waals surface area (Å²) in [6.45, 7) is 3.88. The Hall–Kier alpha value is -2.36. The molecule has 1 aromatic carbocycles. The van der Waals surface area contributed by atoms with E-state index in [0.717, 1.165) is 32.5 Å². The van der Waals surface area contributed by atoms with E-state index in [1.54, 1.807) is 6.07 Å². The maximum Gasteiger partial charge on any atom is 0.228 e. The Morgan fingerprint density at radius 2 is 2.06 bits per heavy atom. The topological polar surface area (TPSA) is 53.0 Å². The van der Waals surface area contributed by atoms with Gasteiger partial charge in [0.25, 0.3) is 0 Å². The molecule has 0 fully saturated rings. The van der Waals surface area contributed by atoms with Crippen molar-refractivity contribution in [3.8, 4) is 11.5 Å². The van der Waals surface area contributed by atoms with E-state index in [2.05, 4.69) is 4.98 Å². The monoisotopic (exact) mass is 240 g/mol. The van der Waals surface area contributed by atoms with Crippen LogP contribution in [0.3, 0.4) is 0 Å². The molecular formula is C14H12N2O2. The molecule has 0 saturated carbocycles. The molecule has 4 heteroatoms. The van der Waals surface area contributed by atoms with E-state index < -0.39 is 0 Å². The minimum absolute atomic E-state index is 0.550. The van der Waals surface area contributed by atoms with Crippen LogP contribution in [0.1, 0.15) is 11.1 Å². The van der Waals surface area contributed by atoms with Gasteiger partial charge < -0.3 is 9.62 Å². The normalized spacial score (nSPS) is 11.0. The first kappa shape index (κ1) is 10.8. The summed E-state index contributed by atoms with van der Waals surface area (Å²) in [5.41, 5.74) is 4.42. The van der Waals surface area contributed by atoms with E-state index in [9.17, 15) is 5.21 Å². The van der Waals surface area contributed by atoms with Crippen LogP contribution in [0.2, 0.25) is 0 Å². The lowest BCUT2D eigenvalue weighted by atomic mass is 10.1. The second-order valence-electron chi connectivity index (χ2n) is 4.39. The zero-order chi connectivity index (χ0) is 12.7. The average molecular weight is 240 g/mol. The first-order chi connectivity index (χ1) is 8.63. The number of nitrogens with zero attached hydrogens (tertiary/aromatic N) is 2. The van der Waals surface area contributed by atoms with Crippen LogP contribution in [0.15, 0.2) is 41.1 Å². The molecular weight excluding hydrogens is 228 g/mol. The number of oxazole rings is 1. The van der Waals surface area contributed by atoms with Gasteiger partial charge in [-0.1, -0.05) is 6.07 Å². The molecule has 0 atom stereocenters. The van der Waals surface area contributed by atoms with Gasteiger partial charge in [0.2, 0.25) is 5.89 Å².